The van der Waals surface area contributed by atoms with E-state index in [1.165, 1.54) is 6.07 Å². The Balaban J connectivity index is 2.41. The van der Waals surface area contributed by atoms with Crippen LogP contribution in [-0.2, 0) is 9.59 Å². The molecule has 2 amide bonds. The van der Waals surface area contributed by atoms with Gasteiger partial charge < -0.3 is 11.1 Å². The highest BCUT2D eigenvalue weighted by Crippen LogP contribution is 2.23. The molecule has 1 aliphatic rings. The monoisotopic (exact) mass is 271 g/mol. The lowest BCUT2D eigenvalue weighted by molar-refractivity contribution is -0.129. The normalized spacial score (nSPS) is 19.9. The molecule has 0 aliphatic carbocycles. The average molecular weight is 272 g/mol. The lowest BCUT2D eigenvalue weighted by atomic mass is 10.1. The first-order chi connectivity index (χ1) is 7.99. The molecule has 0 spiro atoms. The van der Waals surface area contributed by atoms with Crippen molar-refractivity contribution in [2.45, 2.75) is 6.04 Å². The van der Waals surface area contributed by atoms with Gasteiger partial charge in [-0.3, -0.25) is 9.59 Å². The third-order valence-corrected chi connectivity index (χ3v) is 2.94. The maximum Gasteiger partial charge on any atom is 0.274 e. The van der Waals surface area contributed by atoms with Gasteiger partial charge in [-0.15, -0.1) is 0 Å². The Kier molecular flexibility index (Phi) is 3.15. The van der Waals surface area contributed by atoms with E-state index in [1.807, 2.05) is 0 Å². The van der Waals surface area contributed by atoms with E-state index in [1.54, 1.807) is 12.1 Å². The molecule has 1 aliphatic heterocycles. The van der Waals surface area contributed by atoms with Gasteiger partial charge in [-0.05, 0) is 18.2 Å². The van der Waals surface area contributed by atoms with Crippen LogP contribution in [0.4, 0.5) is 0 Å². The highest BCUT2D eigenvalue weighted by atomic mass is 35.5. The van der Waals surface area contributed by atoms with Crippen molar-refractivity contribution in [1.29, 1.82) is 0 Å². The number of amides is 2. The molecule has 1 atom stereocenters. The number of nitrogens with zero attached hydrogens (tertiary/aromatic N) is 1. The molecular formula is C10H7Cl2N3O2. The summed E-state index contributed by atoms with van der Waals surface area (Å²) < 4.78 is 0. The summed E-state index contributed by atoms with van der Waals surface area (Å²) in [6, 6.07) is 3.40. The summed E-state index contributed by atoms with van der Waals surface area (Å²) in [5.74, 6) is -1.15. The van der Waals surface area contributed by atoms with Gasteiger partial charge in [0.1, 0.15) is 5.84 Å². The number of nitrogens with one attached hydrogen (secondary N) is 1. The Morgan fingerprint density at radius 3 is 2.53 bits per heavy atom. The molecule has 1 aromatic carbocycles. The summed E-state index contributed by atoms with van der Waals surface area (Å²) in [7, 11) is 0. The zero-order valence-corrected chi connectivity index (χ0v) is 9.92. The summed E-state index contributed by atoms with van der Waals surface area (Å²) in [4.78, 5) is 26.3. The maximum atomic E-state index is 11.3. The molecule has 7 heteroatoms. The zero-order chi connectivity index (χ0) is 12.6. The zero-order valence-electron chi connectivity index (χ0n) is 8.41. The highest BCUT2D eigenvalue weighted by molar-refractivity contribution is 6.42. The molecule has 5 nitrogen and oxygen atoms in total. The first-order valence-electron chi connectivity index (χ1n) is 4.63. The van der Waals surface area contributed by atoms with Crippen LogP contribution >= 0.6 is 23.2 Å². The van der Waals surface area contributed by atoms with Crippen LogP contribution in [0.25, 0.3) is 0 Å². The van der Waals surface area contributed by atoms with Gasteiger partial charge in [0.25, 0.3) is 11.8 Å². The molecule has 2 rings (SSSR count). The number of amidine groups is 1. The van der Waals surface area contributed by atoms with Crippen molar-refractivity contribution in [1.82, 2.24) is 5.32 Å². The topological polar surface area (TPSA) is 84.6 Å². The number of halogens is 2. The quantitative estimate of drug-likeness (QED) is 0.739. The number of carbonyl (C=O) groups excluding carboxylic acids is 2. The van der Waals surface area contributed by atoms with Crippen LogP contribution < -0.4 is 11.1 Å². The number of rotatable bonds is 1. The summed E-state index contributed by atoms with van der Waals surface area (Å²) in [5.41, 5.74) is 5.79. The van der Waals surface area contributed by atoms with E-state index in [0.29, 0.717) is 15.6 Å². The predicted molar refractivity (Wildman–Crippen MR) is 64.1 cm³/mol. The molecule has 0 fully saturated rings. The van der Waals surface area contributed by atoms with E-state index in [-0.39, 0.29) is 5.84 Å². The lowest BCUT2D eigenvalue weighted by Gasteiger charge is -2.17. The lowest BCUT2D eigenvalue weighted by Crippen LogP contribution is -2.52. The molecule has 1 aromatic rings. The van der Waals surface area contributed by atoms with E-state index in [4.69, 9.17) is 28.9 Å². The molecule has 3 N–H and O–H groups in total. The van der Waals surface area contributed by atoms with Crippen LogP contribution in [0.2, 0.25) is 10.0 Å². The van der Waals surface area contributed by atoms with Crippen LogP contribution in [-0.4, -0.2) is 23.7 Å². The van der Waals surface area contributed by atoms with Gasteiger partial charge >= 0.3 is 0 Å². The Bertz CT molecular complexity index is 542. The van der Waals surface area contributed by atoms with Gasteiger partial charge in [0.2, 0.25) is 0 Å². The molecule has 1 unspecified atom stereocenters. The van der Waals surface area contributed by atoms with E-state index in [0.717, 1.165) is 0 Å². The minimum atomic E-state index is -1.25. The molecule has 0 saturated carbocycles. The van der Waals surface area contributed by atoms with Crippen molar-refractivity contribution in [2.24, 2.45) is 10.7 Å². The van der Waals surface area contributed by atoms with Crippen molar-refractivity contribution in [2.75, 3.05) is 0 Å². The predicted octanol–water partition coefficient (Wildman–Crippen LogP) is 0.724. The smallest absolute Gasteiger partial charge is 0.274 e. The van der Waals surface area contributed by atoms with Crippen LogP contribution in [0.15, 0.2) is 23.2 Å². The van der Waals surface area contributed by atoms with Crippen molar-refractivity contribution in [3.05, 3.63) is 33.8 Å². The minimum Gasteiger partial charge on any atom is -0.312 e. The number of hydrogen-bond donors (Lipinski definition) is 2. The second-order valence-electron chi connectivity index (χ2n) is 3.39. The van der Waals surface area contributed by atoms with E-state index in [2.05, 4.69) is 10.3 Å². The van der Waals surface area contributed by atoms with Gasteiger partial charge in [0, 0.05) is 5.56 Å². The van der Waals surface area contributed by atoms with Crippen molar-refractivity contribution < 1.29 is 9.59 Å². The summed E-state index contributed by atoms with van der Waals surface area (Å²) in [6.07, 6.45) is 0. The van der Waals surface area contributed by atoms with E-state index in [9.17, 15) is 9.59 Å². The SMILES string of the molecule is NC1C(=O)N=C(c2ccc(Cl)c(Cl)c2)NC1=O. The van der Waals surface area contributed by atoms with E-state index >= 15 is 0 Å². The fourth-order valence-corrected chi connectivity index (χ4v) is 1.59. The Hall–Kier alpha value is -1.43. The van der Waals surface area contributed by atoms with Crippen LogP contribution in [0.5, 0.6) is 0 Å². The number of hydrogen-bond acceptors (Lipinski definition) is 3. The summed E-state index contributed by atoms with van der Waals surface area (Å²) >= 11 is 11.6. The van der Waals surface area contributed by atoms with Gasteiger partial charge in [0.05, 0.1) is 10.0 Å². The molecule has 1 heterocycles. The summed E-state index contributed by atoms with van der Waals surface area (Å²) in [6.45, 7) is 0. The fourth-order valence-electron chi connectivity index (χ4n) is 1.29. The number of nitrogens with two attached hydrogens (primary N) is 1. The number of aliphatic imine (C=N–C) groups is 1. The number of benzene rings is 1. The molecule has 17 heavy (non-hydrogen) atoms. The third-order valence-electron chi connectivity index (χ3n) is 2.21. The van der Waals surface area contributed by atoms with Gasteiger partial charge in [-0.1, -0.05) is 23.2 Å². The van der Waals surface area contributed by atoms with Crippen LogP contribution in [0, 0.1) is 0 Å². The first-order valence-corrected chi connectivity index (χ1v) is 5.39. The van der Waals surface area contributed by atoms with Gasteiger partial charge in [0.15, 0.2) is 6.04 Å². The van der Waals surface area contributed by atoms with Crippen molar-refractivity contribution in [3.8, 4) is 0 Å². The maximum absolute atomic E-state index is 11.3. The Morgan fingerprint density at radius 1 is 1.24 bits per heavy atom. The molecule has 0 saturated heterocycles. The van der Waals surface area contributed by atoms with Crippen molar-refractivity contribution >= 4 is 40.9 Å². The second kappa shape index (κ2) is 4.44. The highest BCUT2D eigenvalue weighted by Gasteiger charge is 2.28. The minimum absolute atomic E-state index is 0.125. The van der Waals surface area contributed by atoms with Gasteiger partial charge in [-0.25, -0.2) is 0 Å². The Labute approximate surface area is 107 Å². The average Bonchev–Trinajstić information content (AvgIpc) is 2.29. The first kappa shape index (κ1) is 12.0. The molecule has 0 bridgehead atoms. The fraction of sp³-hybridized carbons (Fsp3) is 0.100. The molecule has 88 valence electrons. The van der Waals surface area contributed by atoms with E-state index < -0.39 is 17.9 Å². The van der Waals surface area contributed by atoms with Crippen LogP contribution in [0.3, 0.4) is 0 Å². The molecule has 0 aromatic heterocycles. The van der Waals surface area contributed by atoms with Gasteiger partial charge in [-0.2, -0.15) is 4.99 Å². The second-order valence-corrected chi connectivity index (χ2v) is 4.21. The molecule has 0 radical (unpaired) electrons. The standard InChI is InChI=1S/C10H7Cl2N3O2/c11-5-2-1-4(3-6(5)12)8-14-9(16)7(13)10(17)15-8/h1-3,7H,13H2,(H,14,15,16,17). The largest absolute Gasteiger partial charge is 0.312 e. The summed E-state index contributed by atoms with van der Waals surface area (Å²) in [5, 5.41) is 3.11. The van der Waals surface area contributed by atoms with Crippen molar-refractivity contribution in [3.63, 3.8) is 0 Å². The van der Waals surface area contributed by atoms with Crippen LogP contribution in [0.1, 0.15) is 5.56 Å². The number of carbonyl (C=O) groups is 2. The molecular weight excluding hydrogens is 265 g/mol. The Morgan fingerprint density at radius 2 is 1.94 bits per heavy atom. The third kappa shape index (κ3) is 2.31.